The quantitative estimate of drug-likeness (QED) is 0.825. The van der Waals surface area contributed by atoms with Gasteiger partial charge in [-0.1, -0.05) is 6.92 Å². The summed E-state index contributed by atoms with van der Waals surface area (Å²) in [6.07, 6.45) is 5.56. The molecule has 1 saturated carbocycles. The van der Waals surface area contributed by atoms with Crippen LogP contribution in [0.4, 0.5) is 0 Å². The van der Waals surface area contributed by atoms with Gasteiger partial charge in [0.15, 0.2) is 5.69 Å². The zero-order valence-electron chi connectivity index (χ0n) is 10.7. The standard InChI is InChI=1S/C13H18N2O3/c1-9-3-5-13(17,6-4-9)11(16)10-12(18-2)15-8-7-14-10/h7-9,17H,3-6H2,1-2H3. The Bertz CT molecular complexity index is 440. The second kappa shape index (κ2) is 5.02. The lowest BCUT2D eigenvalue weighted by atomic mass is 9.76. The van der Waals surface area contributed by atoms with E-state index in [4.69, 9.17) is 4.74 Å². The first kappa shape index (κ1) is 13.0. The summed E-state index contributed by atoms with van der Waals surface area (Å²) in [5, 5.41) is 10.5. The molecule has 0 radical (unpaired) electrons. The van der Waals surface area contributed by atoms with Gasteiger partial charge in [-0.15, -0.1) is 0 Å². The minimum absolute atomic E-state index is 0.122. The molecule has 0 amide bonds. The number of ketones is 1. The van der Waals surface area contributed by atoms with Crippen molar-refractivity contribution in [3.63, 3.8) is 0 Å². The minimum Gasteiger partial charge on any atom is -0.479 e. The van der Waals surface area contributed by atoms with Gasteiger partial charge in [-0.2, -0.15) is 0 Å². The van der Waals surface area contributed by atoms with Gasteiger partial charge in [0, 0.05) is 12.4 Å². The topological polar surface area (TPSA) is 72.3 Å². The van der Waals surface area contributed by atoms with Crippen molar-refractivity contribution in [1.82, 2.24) is 9.97 Å². The highest BCUT2D eigenvalue weighted by Crippen LogP contribution is 2.34. The summed E-state index contributed by atoms with van der Waals surface area (Å²) in [6.45, 7) is 2.13. The predicted octanol–water partition coefficient (Wildman–Crippen LogP) is 1.61. The van der Waals surface area contributed by atoms with Gasteiger partial charge in [0.2, 0.25) is 11.7 Å². The third kappa shape index (κ3) is 2.36. The van der Waals surface area contributed by atoms with E-state index in [1.54, 1.807) is 0 Å². The molecule has 1 N–H and O–H groups in total. The number of aromatic nitrogens is 2. The second-order valence-corrected chi connectivity index (χ2v) is 4.96. The first-order chi connectivity index (χ1) is 8.57. The first-order valence-corrected chi connectivity index (χ1v) is 6.19. The van der Waals surface area contributed by atoms with Gasteiger partial charge in [-0.05, 0) is 31.6 Å². The molecule has 0 bridgehead atoms. The van der Waals surface area contributed by atoms with Crippen molar-refractivity contribution in [3.05, 3.63) is 18.1 Å². The van der Waals surface area contributed by atoms with Crippen molar-refractivity contribution in [2.75, 3.05) is 7.11 Å². The highest BCUT2D eigenvalue weighted by Gasteiger charge is 2.41. The summed E-state index contributed by atoms with van der Waals surface area (Å²) in [4.78, 5) is 20.3. The fourth-order valence-corrected chi connectivity index (χ4v) is 2.32. The van der Waals surface area contributed by atoms with Crippen molar-refractivity contribution in [1.29, 1.82) is 0 Å². The Labute approximate surface area is 106 Å². The molecule has 5 nitrogen and oxygen atoms in total. The molecule has 0 saturated heterocycles. The number of hydrogen-bond acceptors (Lipinski definition) is 5. The number of aliphatic hydroxyl groups is 1. The van der Waals surface area contributed by atoms with Gasteiger partial charge < -0.3 is 9.84 Å². The Morgan fingerprint density at radius 3 is 2.61 bits per heavy atom. The maximum Gasteiger partial charge on any atom is 0.243 e. The number of ether oxygens (including phenoxy) is 1. The zero-order valence-corrected chi connectivity index (χ0v) is 10.7. The van der Waals surface area contributed by atoms with Crippen LogP contribution >= 0.6 is 0 Å². The molecule has 1 fully saturated rings. The summed E-state index contributed by atoms with van der Waals surface area (Å²) in [7, 11) is 1.44. The molecule has 1 aromatic heterocycles. The second-order valence-electron chi connectivity index (χ2n) is 4.96. The number of nitrogens with zero attached hydrogens (tertiary/aromatic N) is 2. The fourth-order valence-electron chi connectivity index (χ4n) is 2.32. The van der Waals surface area contributed by atoms with E-state index in [1.807, 2.05) is 0 Å². The Kier molecular flexibility index (Phi) is 3.61. The molecule has 1 aromatic rings. The van der Waals surface area contributed by atoms with Crippen LogP contribution in [0.1, 0.15) is 43.1 Å². The van der Waals surface area contributed by atoms with Crippen LogP contribution in [-0.4, -0.2) is 33.6 Å². The average molecular weight is 250 g/mol. The molecule has 0 atom stereocenters. The number of hydrogen-bond donors (Lipinski definition) is 1. The van der Waals surface area contributed by atoms with Crippen LogP contribution in [0.5, 0.6) is 5.88 Å². The van der Waals surface area contributed by atoms with E-state index in [0.29, 0.717) is 18.8 Å². The van der Waals surface area contributed by atoms with E-state index in [9.17, 15) is 9.90 Å². The van der Waals surface area contributed by atoms with Crippen LogP contribution in [0, 0.1) is 5.92 Å². The monoisotopic (exact) mass is 250 g/mol. The maximum absolute atomic E-state index is 12.4. The summed E-state index contributed by atoms with van der Waals surface area (Å²) < 4.78 is 5.02. The van der Waals surface area contributed by atoms with Gasteiger partial charge in [0.1, 0.15) is 5.60 Å². The number of methoxy groups -OCH3 is 1. The zero-order chi connectivity index (χ0) is 13.2. The molecule has 2 rings (SSSR count). The largest absolute Gasteiger partial charge is 0.479 e. The molecule has 0 aromatic carbocycles. The highest BCUT2D eigenvalue weighted by atomic mass is 16.5. The van der Waals surface area contributed by atoms with Crippen molar-refractivity contribution in [2.24, 2.45) is 5.92 Å². The Balaban J connectivity index is 2.25. The van der Waals surface area contributed by atoms with Crippen molar-refractivity contribution in [2.45, 2.75) is 38.2 Å². The predicted molar refractivity (Wildman–Crippen MR) is 65.5 cm³/mol. The highest BCUT2D eigenvalue weighted by molar-refractivity contribution is 6.02. The van der Waals surface area contributed by atoms with E-state index in [1.165, 1.54) is 19.5 Å². The lowest BCUT2D eigenvalue weighted by Gasteiger charge is -2.33. The Hall–Kier alpha value is -1.49. The third-order valence-electron chi connectivity index (χ3n) is 3.60. The molecule has 0 aliphatic heterocycles. The van der Waals surface area contributed by atoms with Crippen LogP contribution in [0.2, 0.25) is 0 Å². The van der Waals surface area contributed by atoms with Gasteiger partial charge in [-0.3, -0.25) is 4.79 Å². The van der Waals surface area contributed by atoms with Gasteiger partial charge >= 0.3 is 0 Å². The summed E-state index contributed by atoms with van der Waals surface area (Å²) >= 11 is 0. The summed E-state index contributed by atoms with van der Waals surface area (Å²) in [5.74, 6) is 0.357. The lowest BCUT2D eigenvalue weighted by molar-refractivity contribution is 0.00352. The molecular weight excluding hydrogens is 232 g/mol. The van der Waals surface area contributed by atoms with Crippen LogP contribution < -0.4 is 4.74 Å². The van der Waals surface area contributed by atoms with E-state index in [-0.39, 0.29) is 17.4 Å². The van der Waals surface area contributed by atoms with E-state index >= 15 is 0 Å². The van der Waals surface area contributed by atoms with Crippen LogP contribution in [-0.2, 0) is 0 Å². The van der Waals surface area contributed by atoms with Crippen molar-refractivity contribution < 1.29 is 14.6 Å². The number of Topliss-reactive ketones (excluding diaryl/α,β-unsaturated/α-hetero) is 1. The van der Waals surface area contributed by atoms with Crippen LogP contribution in [0.3, 0.4) is 0 Å². The van der Waals surface area contributed by atoms with Gasteiger partial charge in [0.25, 0.3) is 0 Å². The Morgan fingerprint density at radius 2 is 2.00 bits per heavy atom. The molecular formula is C13H18N2O3. The van der Waals surface area contributed by atoms with Crippen LogP contribution in [0.25, 0.3) is 0 Å². The number of carbonyl (C=O) groups is 1. The summed E-state index contributed by atoms with van der Waals surface area (Å²) in [5.41, 5.74) is -1.19. The smallest absolute Gasteiger partial charge is 0.243 e. The van der Waals surface area contributed by atoms with Crippen molar-refractivity contribution in [3.8, 4) is 5.88 Å². The van der Waals surface area contributed by atoms with Crippen LogP contribution in [0.15, 0.2) is 12.4 Å². The third-order valence-corrected chi connectivity index (χ3v) is 3.60. The van der Waals surface area contributed by atoms with Crippen molar-refractivity contribution >= 4 is 5.78 Å². The number of carbonyl (C=O) groups excluding carboxylic acids is 1. The average Bonchev–Trinajstić information content (AvgIpc) is 2.41. The lowest BCUT2D eigenvalue weighted by Crippen LogP contribution is -2.42. The summed E-state index contributed by atoms with van der Waals surface area (Å²) in [6, 6.07) is 0. The molecule has 5 heteroatoms. The van der Waals surface area contributed by atoms with Gasteiger partial charge in [0.05, 0.1) is 7.11 Å². The van der Waals surface area contributed by atoms with E-state index in [0.717, 1.165) is 12.8 Å². The molecule has 1 heterocycles. The number of rotatable bonds is 3. The SMILES string of the molecule is COc1nccnc1C(=O)C1(O)CCC(C)CC1. The first-order valence-electron chi connectivity index (χ1n) is 6.19. The maximum atomic E-state index is 12.4. The van der Waals surface area contributed by atoms with E-state index in [2.05, 4.69) is 16.9 Å². The molecule has 0 spiro atoms. The molecule has 1 aliphatic carbocycles. The fraction of sp³-hybridized carbons (Fsp3) is 0.615. The minimum atomic E-state index is -1.31. The normalized spacial score (nSPS) is 27.8. The van der Waals surface area contributed by atoms with Gasteiger partial charge in [-0.25, -0.2) is 9.97 Å². The molecule has 98 valence electrons. The molecule has 0 unspecified atom stereocenters. The van der Waals surface area contributed by atoms with E-state index < -0.39 is 5.60 Å². The molecule has 1 aliphatic rings. The molecule has 18 heavy (non-hydrogen) atoms. The Morgan fingerprint density at radius 1 is 1.39 bits per heavy atom.